The Morgan fingerprint density at radius 3 is 2.50 bits per heavy atom. The van der Waals surface area contributed by atoms with E-state index in [1.54, 1.807) is 0 Å². The monoisotopic (exact) mass is 375 g/mol. The van der Waals surface area contributed by atoms with E-state index in [9.17, 15) is 9.59 Å². The van der Waals surface area contributed by atoms with Crippen molar-refractivity contribution in [2.75, 3.05) is 0 Å². The second kappa shape index (κ2) is 6.64. The first-order valence-electron chi connectivity index (χ1n) is 9.09. The van der Waals surface area contributed by atoms with Crippen LogP contribution in [0.1, 0.15) is 42.3 Å². The van der Waals surface area contributed by atoms with E-state index >= 15 is 0 Å². The van der Waals surface area contributed by atoms with E-state index in [4.69, 9.17) is 0 Å². The lowest BCUT2D eigenvalue weighted by Crippen LogP contribution is -2.11. The normalized spacial score (nSPS) is 11.8. The molecule has 0 spiro atoms. The average molecular weight is 375 g/mol. The van der Waals surface area contributed by atoms with Crippen LogP contribution in [0, 0.1) is 0 Å². The van der Waals surface area contributed by atoms with Crippen LogP contribution in [0.15, 0.2) is 58.0 Å². The Hall–Kier alpha value is -3.41. The third-order valence-corrected chi connectivity index (χ3v) is 4.93. The zero-order valence-corrected chi connectivity index (χ0v) is 16.0. The van der Waals surface area contributed by atoms with E-state index in [0.29, 0.717) is 23.5 Å². The summed E-state index contributed by atoms with van der Waals surface area (Å²) in [5.74, 6) is -0.267. The number of hydrogen-bond acceptors (Lipinski definition) is 4. The van der Waals surface area contributed by atoms with Gasteiger partial charge in [-0.1, -0.05) is 50.2 Å². The molecule has 0 fully saturated rings. The molecule has 142 valence electrons. The minimum atomic E-state index is -0.609. The second-order valence-electron chi connectivity index (χ2n) is 7.95. The van der Waals surface area contributed by atoms with E-state index < -0.39 is 5.76 Å². The highest BCUT2D eigenvalue weighted by Gasteiger charge is 2.14. The first kappa shape index (κ1) is 18.0. The number of carbonyl (C=O) groups excluding carboxylic acids is 1. The minimum Gasteiger partial charge on any atom is -0.342 e. The molecule has 0 aliphatic carbocycles. The van der Waals surface area contributed by atoms with Crippen molar-refractivity contribution in [3.63, 3.8) is 0 Å². The van der Waals surface area contributed by atoms with Gasteiger partial charge in [0.2, 0.25) is 0 Å². The first-order valence-corrected chi connectivity index (χ1v) is 9.09. The molecule has 0 amide bonds. The number of hydrogen-bond donors (Lipinski definition) is 1. The van der Waals surface area contributed by atoms with E-state index in [1.165, 1.54) is 5.56 Å². The van der Waals surface area contributed by atoms with Gasteiger partial charge in [-0.2, -0.15) is 0 Å². The van der Waals surface area contributed by atoms with Gasteiger partial charge in [0.15, 0.2) is 12.1 Å². The van der Waals surface area contributed by atoms with Gasteiger partial charge < -0.3 is 4.57 Å². The molecule has 0 aliphatic rings. The van der Waals surface area contributed by atoms with Crippen LogP contribution in [-0.4, -0.2) is 21.0 Å². The number of aromatic amines is 1. The molecule has 2 heterocycles. The molecule has 0 saturated heterocycles. The third kappa shape index (κ3) is 3.29. The molecule has 0 unspecified atom stereocenters. The smallest absolute Gasteiger partial charge is 0.342 e. The number of aldehydes is 1. The minimum absolute atomic E-state index is 0.113. The molecule has 0 bridgehead atoms. The number of rotatable bonds is 4. The lowest BCUT2D eigenvalue weighted by molar-refractivity contribution is 0.112. The highest BCUT2D eigenvalue weighted by molar-refractivity contribution is 5.99. The number of nitrogens with zero attached hydrogens (tertiary/aromatic N) is 2. The van der Waals surface area contributed by atoms with Crippen molar-refractivity contribution in [2.45, 2.75) is 32.7 Å². The maximum Gasteiger partial charge on any atom is 0.439 e. The fourth-order valence-electron chi connectivity index (χ4n) is 3.36. The Kier molecular flexibility index (Phi) is 4.26. The lowest BCUT2D eigenvalue weighted by atomic mass is 9.87. The molecule has 0 aliphatic heterocycles. The van der Waals surface area contributed by atoms with Crippen molar-refractivity contribution in [3.8, 4) is 11.4 Å². The summed E-state index contributed by atoms with van der Waals surface area (Å²) in [7, 11) is 0. The second-order valence-corrected chi connectivity index (χ2v) is 7.95. The molecule has 0 atom stereocenters. The molecule has 6 nitrogen and oxygen atoms in total. The quantitative estimate of drug-likeness (QED) is 0.544. The van der Waals surface area contributed by atoms with Crippen LogP contribution in [0.4, 0.5) is 0 Å². The Balaban J connectivity index is 1.71. The lowest BCUT2D eigenvalue weighted by Gasteiger charge is -2.19. The van der Waals surface area contributed by atoms with Crippen molar-refractivity contribution in [3.05, 3.63) is 75.9 Å². The molecule has 4 aromatic rings. The molecule has 2 aromatic carbocycles. The molecule has 4 rings (SSSR count). The summed E-state index contributed by atoms with van der Waals surface area (Å²) in [6.45, 7) is 7.24. The Morgan fingerprint density at radius 2 is 1.89 bits per heavy atom. The molecule has 1 N–H and O–H groups in total. The summed E-state index contributed by atoms with van der Waals surface area (Å²) >= 11 is 0. The topological polar surface area (TPSA) is 80.9 Å². The van der Waals surface area contributed by atoms with Gasteiger partial charge in [-0.05, 0) is 34.7 Å². The molecular formula is C22H21N3O3. The summed E-state index contributed by atoms with van der Waals surface area (Å²) in [5, 5.41) is 4.52. The number of benzene rings is 2. The van der Waals surface area contributed by atoms with Gasteiger partial charge in [0.1, 0.15) is 0 Å². The zero-order chi connectivity index (χ0) is 19.9. The maximum atomic E-state index is 11.6. The van der Waals surface area contributed by atoms with Gasteiger partial charge in [-0.3, -0.25) is 14.3 Å². The molecule has 6 heteroatoms. The van der Waals surface area contributed by atoms with E-state index in [-0.39, 0.29) is 5.41 Å². The third-order valence-electron chi connectivity index (χ3n) is 4.93. The fourth-order valence-corrected chi connectivity index (χ4v) is 3.36. The summed E-state index contributed by atoms with van der Waals surface area (Å²) in [6, 6.07) is 14.2. The number of H-pyrrole nitrogens is 1. The van der Waals surface area contributed by atoms with Gasteiger partial charge in [0.25, 0.3) is 0 Å². The Labute approximate surface area is 161 Å². The summed E-state index contributed by atoms with van der Waals surface area (Å²) in [6.07, 6.45) is 2.70. The van der Waals surface area contributed by atoms with Crippen LogP contribution in [0.3, 0.4) is 0 Å². The Morgan fingerprint density at radius 1 is 1.14 bits per heavy atom. The standard InChI is InChI=1S/C22H21N3O3/c1-22(2,3)17-7-4-14(5-8-17)11-25-12-16(13-26)18-10-15(6-9-19(18)25)20-23-21(27)28-24-20/h4-10,12-13H,11H2,1-3H3,(H,23,24,27). The number of fused-ring (bicyclic) bond motifs is 1. The average Bonchev–Trinajstić information content (AvgIpc) is 3.25. The number of aromatic nitrogens is 3. The largest absolute Gasteiger partial charge is 0.439 e. The van der Waals surface area contributed by atoms with Crippen molar-refractivity contribution in [1.82, 2.24) is 14.7 Å². The molecular weight excluding hydrogens is 354 g/mol. The van der Waals surface area contributed by atoms with Gasteiger partial charge >= 0.3 is 5.76 Å². The number of carbonyl (C=O) groups is 1. The molecule has 0 radical (unpaired) electrons. The van der Waals surface area contributed by atoms with Crippen molar-refractivity contribution >= 4 is 17.2 Å². The van der Waals surface area contributed by atoms with Crippen molar-refractivity contribution < 1.29 is 9.32 Å². The highest BCUT2D eigenvalue weighted by Crippen LogP contribution is 2.27. The summed E-state index contributed by atoms with van der Waals surface area (Å²) in [4.78, 5) is 25.3. The molecule has 2 aromatic heterocycles. The highest BCUT2D eigenvalue weighted by atomic mass is 16.5. The number of nitrogens with one attached hydrogen (secondary N) is 1. The van der Waals surface area contributed by atoms with Crippen LogP contribution in [-0.2, 0) is 12.0 Å². The zero-order valence-electron chi connectivity index (χ0n) is 16.0. The van der Waals surface area contributed by atoms with Crippen LogP contribution < -0.4 is 5.76 Å². The van der Waals surface area contributed by atoms with Gasteiger partial charge in [0.05, 0.1) is 0 Å². The van der Waals surface area contributed by atoms with Crippen molar-refractivity contribution in [1.29, 1.82) is 0 Å². The molecule has 0 saturated carbocycles. The van der Waals surface area contributed by atoms with Gasteiger partial charge in [-0.25, -0.2) is 4.79 Å². The van der Waals surface area contributed by atoms with E-state index in [1.807, 2.05) is 24.4 Å². The van der Waals surface area contributed by atoms with E-state index in [2.05, 4.69) is 64.3 Å². The summed E-state index contributed by atoms with van der Waals surface area (Å²) < 4.78 is 6.63. The van der Waals surface area contributed by atoms with Crippen molar-refractivity contribution in [2.24, 2.45) is 0 Å². The molecule has 28 heavy (non-hydrogen) atoms. The van der Waals surface area contributed by atoms with Crippen LogP contribution in [0.2, 0.25) is 0 Å². The fraction of sp³-hybridized carbons (Fsp3) is 0.227. The maximum absolute atomic E-state index is 11.6. The van der Waals surface area contributed by atoms with E-state index in [0.717, 1.165) is 22.8 Å². The van der Waals surface area contributed by atoms with Crippen LogP contribution >= 0.6 is 0 Å². The predicted octanol–water partition coefficient (Wildman–Crippen LogP) is 4.14. The Bertz CT molecular complexity index is 1200. The van der Waals surface area contributed by atoms with Gasteiger partial charge in [-0.15, -0.1) is 0 Å². The SMILES string of the molecule is CC(C)(C)c1ccc(Cn2cc(C=O)c3cc(-c4noc(=O)[nH]4)ccc32)cc1. The predicted molar refractivity (Wildman–Crippen MR) is 108 cm³/mol. The van der Waals surface area contributed by atoms with Crippen LogP contribution in [0.25, 0.3) is 22.3 Å². The summed E-state index contributed by atoms with van der Waals surface area (Å²) in [5.41, 5.74) is 4.78. The first-order chi connectivity index (χ1) is 13.3. The van der Waals surface area contributed by atoms with Crippen LogP contribution in [0.5, 0.6) is 0 Å². The van der Waals surface area contributed by atoms with Gasteiger partial charge in [0, 0.05) is 34.8 Å².